The minimum Gasteiger partial charge on any atom is -0.346 e. The van der Waals surface area contributed by atoms with E-state index in [4.69, 9.17) is 5.26 Å². The molecule has 1 fully saturated rings. The molecule has 0 N–H and O–H groups in total. The third kappa shape index (κ3) is 3.94. The average Bonchev–Trinajstić information content (AvgIpc) is 2.95. The van der Waals surface area contributed by atoms with Gasteiger partial charge in [-0.25, -0.2) is 4.98 Å². The zero-order valence-electron chi connectivity index (χ0n) is 14.0. The quantitative estimate of drug-likeness (QED) is 0.791. The lowest BCUT2D eigenvalue weighted by Gasteiger charge is -2.33. The van der Waals surface area contributed by atoms with E-state index in [-0.39, 0.29) is 0 Å². The molecule has 1 aliphatic heterocycles. The molecule has 0 spiro atoms. The van der Waals surface area contributed by atoms with Crippen molar-refractivity contribution >= 4 is 16.5 Å². The number of hydrogen-bond acceptors (Lipinski definition) is 5. The van der Waals surface area contributed by atoms with Crippen LogP contribution in [0.2, 0.25) is 0 Å². The van der Waals surface area contributed by atoms with Crippen molar-refractivity contribution in [3.05, 3.63) is 46.0 Å². The third-order valence-corrected chi connectivity index (χ3v) is 5.32. The summed E-state index contributed by atoms with van der Waals surface area (Å²) < 4.78 is 0. The molecule has 2 aromatic rings. The van der Waals surface area contributed by atoms with Crippen LogP contribution in [0.15, 0.2) is 24.3 Å². The summed E-state index contributed by atoms with van der Waals surface area (Å²) in [5.74, 6) is 6.38. The Morgan fingerprint density at radius 1 is 1.17 bits per heavy atom. The van der Waals surface area contributed by atoms with Crippen molar-refractivity contribution in [2.24, 2.45) is 0 Å². The maximum absolute atomic E-state index is 8.91. The second-order valence-electron chi connectivity index (χ2n) is 5.90. The first kappa shape index (κ1) is 16.5. The predicted octanol–water partition coefficient (Wildman–Crippen LogP) is 2.81. The molecule has 122 valence electrons. The van der Waals surface area contributed by atoms with Gasteiger partial charge in [-0.15, -0.1) is 11.3 Å². The Hall–Kier alpha value is -2.34. The van der Waals surface area contributed by atoms with Crippen LogP contribution < -0.4 is 4.90 Å². The molecule has 0 aliphatic carbocycles. The van der Waals surface area contributed by atoms with Crippen LogP contribution in [-0.4, -0.2) is 42.6 Å². The zero-order chi connectivity index (χ0) is 16.9. The molecule has 0 unspecified atom stereocenters. The van der Waals surface area contributed by atoms with Crippen molar-refractivity contribution in [1.82, 2.24) is 9.88 Å². The van der Waals surface area contributed by atoms with Crippen LogP contribution >= 0.6 is 11.3 Å². The Balaban J connectivity index is 1.53. The van der Waals surface area contributed by atoms with E-state index in [1.165, 1.54) is 4.88 Å². The van der Waals surface area contributed by atoms with E-state index < -0.39 is 0 Å². The summed E-state index contributed by atoms with van der Waals surface area (Å²) in [6, 6.07) is 9.59. The van der Waals surface area contributed by atoms with E-state index in [1.807, 2.05) is 18.2 Å². The summed E-state index contributed by atoms with van der Waals surface area (Å²) in [6.07, 6.45) is 0. The first-order valence-corrected chi connectivity index (χ1v) is 8.88. The normalized spacial score (nSPS) is 14.8. The van der Waals surface area contributed by atoms with Gasteiger partial charge in [0.15, 0.2) is 5.13 Å². The molecule has 2 heterocycles. The highest BCUT2D eigenvalue weighted by Crippen LogP contribution is 2.25. The molecule has 0 saturated carbocycles. The van der Waals surface area contributed by atoms with Gasteiger partial charge in [0.1, 0.15) is 0 Å². The highest BCUT2D eigenvalue weighted by Gasteiger charge is 2.19. The number of nitrogens with zero attached hydrogens (tertiary/aromatic N) is 4. The number of hydrogen-bond donors (Lipinski definition) is 0. The van der Waals surface area contributed by atoms with Crippen LogP contribution in [0.5, 0.6) is 0 Å². The number of anilines is 1. The molecule has 1 saturated heterocycles. The number of aromatic nitrogens is 1. The van der Waals surface area contributed by atoms with E-state index in [1.54, 1.807) is 17.4 Å². The SMILES string of the molecule is Cc1nc(N2CCN(CC#Cc3cccc(C#N)c3)CC2)sc1C. The Labute approximate surface area is 147 Å². The van der Waals surface area contributed by atoms with Gasteiger partial charge in [0.25, 0.3) is 0 Å². The summed E-state index contributed by atoms with van der Waals surface area (Å²) in [6.45, 7) is 8.97. The van der Waals surface area contributed by atoms with Crippen LogP contribution in [0.25, 0.3) is 0 Å². The minimum absolute atomic E-state index is 0.657. The number of nitriles is 1. The van der Waals surface area contributed by atoms with Gasteiger partial charge in [-0.05, 0) is 32.0 Å². The van der Waals surface area contributed by atoms with Gasteiger partial charge in [-0.3, -0.25) is 4.90 Å². The molecular weight excluding hydrogens is 316 g/mol. The standard InChI is InChI=1S/C19H20N4S/c1-15-16(2)24-19(21-15)23-11-9-22(10-12-23)8-4-7-17-5-3-6-18(13-17)14-20/h3,5-6,13H,8-12H2,1-2H3. The first-order valence-electron chi connectivity index (χ1n) is 8.06. The number of piperazine rings is 1. The van der Waals surface area contributed by atoms with E-state index >= 15 is 0 Å². The molecule has 0 atom stereocenters. The van der Waals surface area contributed by atoms with Crippen LogP contribution in [0.3, 0.4) is 0 Å². The van der Waals surface area contributed by atoms with Crippen LogP contribution in [0.4, 0.5) is 5.13 Å². The number of rotatable bonds is 2. The van der Waals surface area contributed by atoms with E-state index in [0.29, 0.717) is 5.56 Å². The molecule has 0 bridgehead atoms. The van der Waals surface area contributed by atoms with Crippen molar-refractivity contribution in [3.8, 4) is 17.9 Å². The highest BCUT2D eigenvalue weighted by molar-refractivity contribution is 7.15. The Morgan fingerprint density at radius 2 is 1.92 bits per heavy atom. The van der Waals surface area contributed by atoms with E-state index in [0.717, 1.165) is 49.1 Å². The molecule has 0 amide bonds. The molecule has 0 radical (unpaired) electrons. The summed E-state index contributed by atoms with van der Waals surface area (Å²) in [5.41, 5.74) is 2.70. The molecule has 24 heavy (non-hydrogen) atoms. The molecule has 4 nitrogen and oxygen atoms in total. The Kier molecular flexibility index (Phi) is 5.15. The van der Waals surface area contributed by atoms with Crippen molar-refractivity contribution in [2.75, 3.05) is 37.6 Å². The number of thiazole rings is 1. The summed E-state index contributed by atoms with van der Waals surface area (Å²) >= 11 is 1.78. The number of benzene rings is 1. The fourth-order valence-corrected chi connectivity index (χ4v) is 3.57. The minimum atomic E-state index is 0.657. The third-order valence-electron chi connectivity index (χ3n) is 4.19. The maximum atomic E-state index is 8.91. The Bertz CT molecular complexity index is 794. The van der Waals surface area contributed by atoms with Gasteiger partial charge >= 0.3 is 0 Å². The fourth-order valence-electron chi connectivity index (χ4n) is 2.61. The number of aryl methyl sites for hydroxylation is 2. The molecule has 5 heteroatoms. The van der Waals surface area contributed by atoms with Gasteiger partial charge < -0.3 is 4.90 Å². The molecule has 1 aliphatic rings. The second kappa shape index (κ2) is 7.49. The first-order chi connectivity index (χ1) is 11.7. The second-order valence-corrected chi connectivity index (χ2v) is 7.08. The van der Waals surface area contributed by atoms with Gasteiger partial charge in [0.05, 0.1) is 23.9 Å². The van der Waals surface area contributed by atoms with Gasteiger partial charge in [0.2, 0.25) is 0 Å². The summed E-state index contributed by atoms with van der Waals surface area (Å²) in [5, 5.41) is 10.1. The van der Waals surface area contributed by atoms with E-state index in [2.05, 4.69) is 46.5 Å². The van der Waals surface area contributed by atoms with Crippen molar-refractivity contribution in [2.45, 2.75) is 13.8 Å². The molecular formula is C19H20N4S. The smallest absolute Gasteiger partial charge is 0.185 e. The van der Waals surface area contributed by atoms with Crippen LogP contribution in [0.1, 0.15) is 21.7 Å². The molecule has 3 rings (SSSR count). The topological polar surface area (TPSA) is 43.2 Å². The lowest BCUT2D eigenvalue weighted by molar-refractivity contribution is 0.288. The van der Waals surface area contributed by atoms with Crippen molar-refractivity contribution in [1.29, 1.82) is 5.26 Å². The van der Waals surface area contributed by atoms with Gasteiger partial charge in [-0.2, -0.15) is 5.26 Å². The largest absolute Gasteiger partial charge is 0.346 e. The predicted molar refractivity (Wildman–Crippen MR) is 98.3 cm³/mol. The zero-order valence-corrected chi connectivity index (χ0v) is 14.9. The lowest BCUT2D eigenvalue weighted by Crippen LogP contribution is -2.46. The van der Waals surface area contributed by atoms with Gasteiger partial charge in [-0.1, -0.05) is 17.9 Å². The van der Waals surface area contributed by atoms with Crippen LogP contribution in [-0.2, 0) is 0 Å². The van der Waals surface area contributed by atoms with E-state index in [9.17, 15) is 0 Å². The fraction of sp³-hybridized carbons (Fsp3) is 0.368. The van der Waals surface area contributed by atoms with Crippen LogP contribution in [0, 0.1) is 37.0 Å². The van der Waals surface area contributed by atoms with Gasteiger partial charge in [0, 0.05) is 36.6 Å². The summed E-state index contributed by atoms with van der Waals surface area (Å²) in [4.78, 5) is 10.7. The summed E-state index contributed by atoms with van der Waals surface area (Å²) in [7, 11) is 0. The Morgan fingerprint density at radius 3 is 2.58 bits per heavy atom. The average molecular weight is 336 g/mol. The molecule has 1 aromatic carbocycles. The highest BCUT2D eigenvalue weighted by atomic mass is 32.1. The maximum Gasteiger partial charge on any atom is 0.185 e. The lowest BCUT2D eigenvalue weighted by atomic mass is 10.1. The molecule has 1 aromatic heterocycles. The van der Waals surface area contributed by atoms with Crippen molar-refractivity contribution in [3.63, 3.8) is 0 Å². The monoisotopic (exact) mass is 336 g/mol. The van der Waals surface area contributed by atoms with Crippen molar-refractivity contribution < 1.29 is 0 Å².